The van der Waals surface area contributed by atoms with Gasteiger partial charge in [-0.1, -0.05) is 44.9 Å². The molecule has 3 aromatic rings. The smallest absolute Gasteiger partial charge is 0.319 e. The summed E-state index contributed by atoms with van der Waals surface area (Å²) < 4.78 is 0. The average Bonchev–Trinajstić information content (AvgIpc) is 2.83. The van der Waals surface area contributed by atoms with E-state index in [-0.39, 0.29) is 12.1 Å². The quantitative estimate of drug-likeness (QED) is 0.357. The molecule has 6 nitrogen and oxygen atoms in total. The average molecular weight is 432 g/mol. The summed E-state index contributed by atoms with van der Waals surface area (Å²) in [5, 5.41) is 9.30. The maximum Gasteiger partial charge on any atom is 0.319 e. The molecule has 32 heavy (non-hydrogen) atoms. The molecule has 2 amide bonds. The van der Waals surface area contributed by atoms with Crippen molar-refractivity contribution in [3.63, 3.8) is 0 Å². The fourth-order valence-electron chi connectivity index (χ4n) is 3.66. The largest absolute Gasteiger partial charge is 0.363 e. The number of anilines is 2. The van der Waals surface area contributed by atoms with Gasteiger partial charge in [-0.05, 0) is 61.2 Å². The Morgan fingerprint density at radius 1 is 1.06 bits per heavy atom. The van der Waals surface area contributed by atoms with Crippen LogP contribution in [-0.2, 0) is 6.42 Å². The number of aryl methyl sites for hydroxylation is 1. The topological polar surface area (TPSA) is 78.9 Å². The predicted molar refractivity (Wildman–Crippen MR) is 132 cm³/mol. The van der Waals surface area contributed by atoms with Crippen molar-refractivity contribution in [2.24, 2.45) is 0 Å². The number of unbranched alkanes of at least 4 members (excludes halogenated alkanes) is 1. The van der Waals surface area contributed by atoms with Crippen molar-refractivity contribution in [1.29, 1.82) is 0 Å². The summed E-state index contributed by atoms with van der Waals surface area (Å²) in [6, 6.07) is 16.2. The molecule has 0 radical (unpaired) electrons. The van der Waals surface area contributed by atoms with Gasteiger partial charge in [-0.3, -0.25) is 4.98 Å². The third-order valence-electron chi connectivity index (χ3n) is 5.37. The molecule has 0 fully saturated rings. The first-order chi connectivity index (χ1) is 15.6. The minimum Gasteiger partial charge on any atom is -0.363 e. The lowest BCUT2D eigenvalue weighted by Gasteiger charge is -2.20. The standard InChI is InChI=1S/C26H33N5O/c1-4-7-11-23(21-10-9-16-27-18-21)30-25-13-8-12-22(29-25)20-14-15-24(19(5-2)17-20)31-26(32)28-6-3/h8-10,12-18,23H,4-7,11H2,1-3H3,(H,29,30)(H2,28,31,32). The third-order valence-corrected chi connectivity index (χ3v) is 5.37. The fraction of sp³-hybridized carbons (Fsp3) is 0.346. The fourth-order valence-corrected chi connectivity index (χ4v) is 3.66. The van der Waals surface area contributed by atoms with E-state index in [4.69, 9.17) is 4.98 Å². The van der Waals surface area contributed by atoms with Gasteiger partial charge in [0.25, 0.3) is 0 Å². The van der Waals surface area contributed by atoms with E-state index < -0.39 is 0 Å². The number of carbonyl (C=O) groups excluding carboxylic acids is 1. The molecule has 0 saturated heterocycles. The Morgan fingerprint density at radius 3 is 2.66 bits per heavy atom. The Hall–Kier alpha value is -3.41. The molecular weight excluding hydrogens is 398 g/mol. The first-order valence-corrected chi connectivity index (χ1v) is 11.5. The number of carbonyl (C=O) groups is 1. The highest BCUT2D eigenvalue weighted by Gasteiger charge is 2.13. The van der Waals surface area contributed by atoms with Gasteiger partial charge in [-0.2, -0.15) is 0 Å². The molecule has 0 aliphatic carbocycles. The van der Waals surface area contributed by atoms with Crippen molar-refractivity contribution in [3.8, 4) is 11.3 Å². The highest BCUT2D eigenvalue weighted by atomic mass is 16.2. The Bertz CT molecular complexity index is 1010. The molecular formula is C26H33N5O. The van der Waals surface area contributed by atoms with Crippen molar-refractivity contribution in [3.05, 3.63) is 72.1 Å². The van der Waals surface area contributed by atoms with Crippen molar-refractivity contribution in [1.82, 2.24) is 15.3 Å². The molecule has 6 heteroatoms. The van der Waals surface area contributed by atoms with Gasteiger partial charge in [0.15, 0.2) is 0 Å². The molecule has 0 saturated carbocycles. The molecule has 3 N–H and O–H groups in total. The first kappa shape index (κ1) is 23.3. The summed E-state index contributed by atoms with van der Waals surface area (Å²) in [4.78, 5) is 21.1. The minimum atomic E-state index is -0.187. The van der Waals surface area contributed by atoms with E-state index in [0.29, 0.717) is 6.54 Å². The van der Waals surface area contributed by atoms with Crippen LogP contribution in [0.5, 0.6) is 0 Å². The Labute approximate surface area is 190 Å². The van der Waals surface area contributed by atoms with Gasteiger partial charge >= 0.3 is 6.03 Å². The Balaban J connectivity index is 1.82. The summed E-state index contributed by atoms with van der Waals surface area (Å²) in [5.41, 5.74) is 4.99. The van der Waals surface area contributed by atoms with Crippen molar-refractivity contribution in [2.45, 2.75) is 52.5 Å². The normalized spacial score (nSPS) is 11.6. The van der Waals surface area contributed by atoms with E-state index in [1.165, 1.54) is 5.56 Å². The maximum atomic E-state index is 11.9. The van der Waals surface area contributed by atoms with Crippen LogP contribution in [-0.4, -0.2) is 22.5 Å². The predicted octanol–water partition coefficient (Wildman–Crippen LogP) is 6.19. The zero-order valence-electron chi connectivity index (χ0n) is 19.2. The molecule has 168 valence electrons. The Kier molecular flexibility index (Phi) is 8.61. The molecule has 1 aromatic carbocycles. The van der Waals surface area contributed by atoms with Crippen molar-refractivity contribution < 1.29 is 4.79 Å². The number of nitrogens with zero attached hydrogens (tertiary/aromatic N) is 2. The van der Waals surface area contributed by atoms with Gasteiger partial charge in [-0.25, -0.2) is 9.78 Å². The van der Waals surface area contributed by atoms with Crippen molar-refractivity contribution in [2.75, 3.05) is 17.2 Å². The van der Waals surface area contributed by atoms with Gasteiger partial charge < -0.3 is 16.0 Å². The van der Waals surface area contributed by atoms with Crippen LogP contribution in [0.2, 0.25) is 0 Å². The number of hydrogen-bond donors (Lipinski definition) is 3. The van der Waals surface area contributed by atoms with Crippen LogP contribution < -0.4 is 16.0 Å². The van der Waals surface area contributed by atoms with Crippen LogP contribution >= 0.6 is 0 Å². The number of nitrogens with one attached hydrogen (secondary N) is 3. The van der Waals surface area contributed by atoms with Crippen LogP contribution in [0.1, 0.15) is 57.2 Å². The second kappa shape index (κ2) is 11.8. The molecule has 1 atom stereocenters. The molecule has 0 aliphatic rings. The highest BCUT2D eigenvalue weighted by molar-refractivity contribution is 5.90. The lowest BCUT2D eigenvalue weighted by Crippen LogP contribution is -2.28. The van der Waals surface area contributed by atoms with E-state index in [9.17, 15) is 4.79 Å². The second-order valence-electron chi connectivity index (χ2n) is 7.74. The van der Waals surface area contributed by atoms with Gasteiger partial charge in [0.2, 0.25) is 0 Å². The van der Waals surface area contributed by atoms with Gasteiger partial charge in [0.05, 0.1) is 11.7 Å². The summed E-state index contributed by atoms with van der Waals surface area (Å²) in [5.74, 6) is 0.843. The van der Waals surface area contributed by atoms with Crippen LogP contribution in [0.4, 0.5) is 16.3 Å². The monoisotopic (exact) mass is 431 g/mol. The lowest BCUT2D eigenvalue weighted by molar-refractivity contribution is 0.252. The first-order valence-electron chi connectivity index (χ1n) is 11.5. The molecule has 1 unspecified atom stereocenters. The SMILES string of the molecule is CCCCC(Nc1cccc(-c2ccc(NC(=O)NCC)c(CC)c2)n1)c1cccnc1. The minimum absolute atomic E-state index is 0.168. The third kappa shape index (κ3) is 6.30. The van der Waals surface area contributed by atoms with Gasteiger partial charge in [0, 0.05) is 30.2 Å². The molecule has 0 spiro atoms. The number of pyridine rings is 2. The molecule has 0 aliphatic heterocycles. The van der Waals surface area contributed by atoms with E-state index in [1.54, 1.807) is 6.20 Å². The summed E-state index contributed by atoms with van der Waals surface area (Å²) in [6.45, 7) is 6.78. The van der Waals surface area contributed by atoms with E-state index >= 15 is 0 Å². The second-order valence-corrected chi connectivity index (χ2v) is 7.74. The molecule has 2 heterocycles. The Morgan fingerprint density at radius 2 is 1.94 bits per heavy atom. The number of hydrogen-bond acceptors (Lipinski definition) is 4. The zero-order chi connectivity index (χ0) is 22.8. The number of aromatic nitrogens is 2. The lowest BCUT2D eigenvalue weighted by atomic mass is 10.0. The van der Waals surface area contributed by atoms with Crippen molar-refractivity contribution >= 4 is 17.5 Å². The van der Waals surface area contributed by atoms with E-state index in [2.05, 4.69) is 46.9 Å². The van der Waals surface area contributed by atoms with E-state index in [1.807, 2.05) is 49.5 Å². The number of rotatable bonds is 10. The van der Waals surface area contributed by atoms with E-state index in [0.717, 1.165) is 54.0 Å². The molecule has 3 rings (SSSR count). The van der Waals surface area contributed by atoms with Crippen LogP contribution in [0.3, 0.4) is 0 Å². The van der Waals surface area contributed by atoms with Crippen LogP contribution in [0.25, 0.3) is 11.3 Å². The molecule has 0 bridgehead atoms. The number of amides is 2. The summed E-state index contributed by atoms with van der Waals surface area (Å²) in [7, 11) is 0. The highest BCUT2D eigenvalue weighted by Crippen LogP contribution is 2.28. The van der Waals surface area contributed by atoms with Gasteiger partial charge in [-0.15, -0.1) is 0 Å². The van der Waals surface area contributed by atoms with Gasteiger partial charge in [0.1, 0.15) is 5.82 Å². The summed E-state index contributed by atoms with van der Waals surface area (Å²) in [6.07, 6.45) is 7.83. The van der Waals surface area contributed by atoms with Crippen LogP contribution in [0.15, 0.2) is 60.9 Å². The zero-order valence-corrected chi connectivity index (χ0v) is 19.2. The number of urea groups is 1. The maximum absolute atomic E-state index is 11.9. The molecule has 2 aromatic heterocycles. The summed E-state index contributed by atoms with van der Waals surface area (Å²) >= 11 is 0. The number of benzene rings is 1. The van der Waals surface area contributed by atoms with Crippen LogP contribution in [0, 0.1) is 0 Å².